The summed E-state index contributed by atoms with van der Waals surface area (Å²) in [5, 5.41) is 13.1. The normalized spacial score (nSPS) is 23.8. The molecular weight excluding hydrogens is 350 g/mol. The van der Waals surface area contributed by atoms with E-state index in [9.17, 15) is 8.78 Å². The van der Waals surface area contributed by atoms with Crippen LogP contribution in [0.3, 0.4) is 0 Å². The number of benzene rings is 1. The molecule has 2 aromatic heterocycles. The van der Waals surface area contributed by atoms with Crippen molar-refractivity contribution in [2.75, 3.05) is 0 Å². The Hall–Kier alpha value is -2.57. The van der Waals surface area contributed by atoms with Gasteiger partial charge in [-0.05, 0) is 31.4 Å². The van der Waals surface area contributed by atoms with Gasteiger partial charge in [-0.3, -0.25) is 0 Å². The summed E-state index contributed by atoms with van der Waals surface area (Å²) in [5.74, 6) is 0.259. The van der Waals surface area contributed by atoms with Crippen molar-refractivity contribution in [3.05, 3.63) is 59.1 Å². The lowest BCUT2D eigenvalue weighted by atomic mass is 9.81. The molecule has 3 aromatic rings. The van der Waals surface area contributed by atoms with E-state index in [1.165, 1.54) is 12.1 Å². The first kappa shape index (κ1) is 16.6. The van der Waals surface area contributed by atoms with Gasteiger partial charge >= 0.3 is 0 Å². The van der Waals surface area contributed by atoms with Gasteiger partial charge in [-0.15, -0.1) is 10.2 Å². The summed E-state index contributed by atoms with van der Waals surface area (Å²) < 4.78 is 35.3. The molecule has 1 aromatic carbocycles. The van der Waals surface area contributed by atoms with Gasteiger partial charge in [0.15, 0.2) is 5.82 Å². The predicted molar refractivity (Wildman–Crippen MR) is 93.9 cm³/mol. The highest BCUT2D eigenvalue weighted by molar-refractivity contribution is 5.49. The third kappa shape index (κ3) is 2.23. The second kappa shape index (κ2) is 5.24. The minimum absolute atomic E-state index is 0.219. The lowest BCUT2D eigenvalue weighted by molar-refractivity contribution is 0.325. The molecule has 2 bridgehead atoms. The van der Waals surface area contributed by atoms with Crippen LogP contribution in [0.2, 0.25) is 0 Å². The van der Waals surface area contributed by atoms with Crippen molar-refractivity contribution in [1.82, 2.24) is 20.0 Å². The molecule has 140 valence electrons. The number of fused-ring (bicyclic) bond motifs is 5. The Labute approximate surface area is 155 Å². The minimum Gasteiger partial charge on any atom is -0.424 e. The predicted octanol–water partition coefficient (Wildman–Crippen LogP) is 4.40. The van der Waals surface area contributed by atoms with Crippen LogP contribution in [-0.4, -0.2) is 20.0 Å². The van der Waals surface area contributed by atoms with Crippen LogP contribution in [0.5, 0.6) is 0 Å². The second-order valence-corrected chi connectivity index (χ2v) is 8.64. The number of nitrogens with zero attached hydrogens (tertiary/aromatic N) is 4. The van der Waals surface area contributed by atoms with Gasteiger partial charge in [-0.25, -0.2) is 13.5 Å². The van der Waals surface area contributed by atoms with Gasteiger partial charge in [0.05, 0.1) is 17.3 Å². The van der Waals surface area contributed by atoms with Crippen LogP contribution in [0.15, 0.2) is 28.8 Å². The van der Waals surface area contributed by atoms with Gasteiger partial charge in [-0.2, -0.15) is 5.10 Å². The highest BCUT2D eigenvalue weighted by atomic mass is 19.1. The van der Waals surface area contributed by atoms with Crippen molar-refractivity contribution < 1.29 is 13.2 Å². The molecule has 2 aliphatic carbocycles. The van der Waals surface area contributed by atoms with Gasteiger partial charge in [0, 0.05) is 23.0 Å². The molecule has 2 aliphatic rings. The van der Waals surface area contributed by atoms with Crippen molar-refractivity contribution in [1.29, 1.82) is 0 Å². The second-order valence-electron chi connectivity index (χ2n) is 8.64. The average molecular weight is 370 g/mol. The molecule has 0 saturated heterocycles. The Kier molecular flexibility index (Phi) is 3.22. The molecule has 2 atom stereocenters. The molecule has 7 heteroatoms. The number of hydrogen-bond donors (Lipinski definition) is 0. The average Bonchev–Trinajstić information content (AvgIpc) is 3.35. The maximum Gasteiger partial charge on any atom is 0.227 e. The molecule has 5 nitrogen and oxygen atoms in total. The van der Waals surface area contributed by atoms with Crippen molar-refractivity contribution in [3.63, 3.8) is 0 Å². The molecule has 0 amide bonds. The van der Waals surface area contributed by atoms with E-state index in [2.05, 4.69) is 15.3 Å². The molecule has 2 heterocycles. The highest BCUT2D eigenvalue weighted by Crippen LogP contribution is 2.60. The van der Waals surface area contributed by atoms with Gasteiger partial charge < -0.3 is 4.42 Å². The maximum absolute atomic E-state index is 14.3. The largest absolute Gasteiger partial charge is 0.424 e. The summed E-state index contributed by atoms with van der Waals surface area (Å²) in [4.78, 5) is 0. The first-order valence-electron chi connectivity index (χ1n) is 9.18. The standard InChI is InChI=1S/C20H20F2N4O/c1-19(2,3)17-24-25-18(27-17)20-7-6-11(9-20)16-13(20)10-23-26(16)15-5-4-12(21)8-14(15)22/h4-5,8,10-11H,6-7,9H2,1-3H3. The van der Waals surface area contributed by atoms with Crippen LogP contribution in [-0.2, 0) is 10.8 Å². The molecule has 0 spiro atoms. The number of rotatable bonds is 2. The Morgan fingerprint density at radius 2 is 2.04 bits per heavy atom. The third-order valence-electron chi connectivity index (χ3n) is 5.84. The van der Waals surface area contributed by atoms with E-state index in [1.54, 1.807) is 10.9 Å². The summed E-state index contributed by atoms with van der Waals surface area (Å²) in [7, 11) is 0. The lowest BCUT2D eigenvalue weighted by Gasteiger charge is -2.23. The van der Waals surface area contributed by atoms with Crippen LogP contribution in [0.1, 0.15) is 69.0 Å². The molecule has 2 unspecified atom stereocenters. The number of aromatic nitrogens is 4. The van der Waals surface area contributed by atoms with E-state index in [-0.39, 0.29) is 22.4 Å². The van der Waals surface area contributed by atoms with E-state index < -0.39 is 11.6 Å². The molecule has 0 N–H and O–H groups in total. The van der Waals surface area contributed by atoms with Crippen LogP contribution >= 0.6 is 0 Å². The smallest absolute Gasteiger partial charge is 0.227 e. The van der Waals surface area contributed by atoms with Crippen molar-refractivity contribution in [2.24, 2.45) is 0 Å². The zero-order valence-corrected chi connectivity index (χ0v) is 15.5. The summed E-state index contributed by atoms with van der Waals surface area (Å²) in [6.45, 7) is 6.11. The first-order chi connectivity index (χ1) is 12.8. The summed E-state index contributed by atoms with van der Waals surface area (Å²) in [6.07, 6.45) is 4.50. The molecular formula is C20H20F2N4O. The summed E-state index contributed by atoms with van der Waals surface area (Å²) in [6, 6.07) is 3.57. The molecule has 0 aliphatic heterocycles. The Bertz CT molecular complexity index is 1050. The van der Waals surface area contributed by atoms with Crippen molar-refractivity contribution in [2.45, 2.75) is 56.8 Å². The van der Waals surface area contributed by atoms with Gasteiger partial charge in [0.1, 0.15) is 11.5 Å². The topological polar surface area (TPSA) is 56.7 Å². The fourth-order valence-electron chi connectivity index (χ4n) is 4.52. The van der Waals surface area contributed by atoms with E-state index in [0.29, 0.717) is 11.8 Å². The van der Waals surface area contributed by atoms with E-state index in [1.807, 2.05) is 20.8 Å². The molecule has 5 rings (SSSR count). The lowest BCUT2D eigenvalue weighted by Crippen LogP contribution is -2.23. The zero-order valence-electron chi connectivity index (χ0n) is 15.5. The molecule has 0 radical (unpaired) electrons. The summed E-state index contributed by atoms with van der Waals surface area (Å²) >= 11 is 0. The van der Waals surface area contributed by atoms with Crippen LogP contribution in [0, 0.1) is 11.6 Å². The van der Waals surface area contributed by atoms with Crippen LogP contribution < -0.4 is 0 Å². The van der Waals surface area contributed by atoms with Crippen LogP contribution in [0.25, 0.3) is 5.69 Å². The first-order valence-corrected chi connectivity index (χ1v) is 9.18. The monoisotopic (exact) mass is 370 g/mol. The quantitative estimate of drug-likeness (QED) is 0.671. The van der Waals surface area contributed by atoms with Crippen molar-refractivity contribution in [3.8, 4) is 5.69 Å². The van der Waals surface area contributed by atoms with Gasteiger partial charge in [0.25, 0.3) is 0 Å². The van der Waals surface area contributed by atoms with E-state index in [0.717, 1.165) is 36.6 Å². The minimum atomic E-state index is -0.620. The maximum atomic E-state index is 14.3. The van der Waals surface area contributed by atoms with Crippen molar-refractivity contribution >= 4 is 0 Å². The van der Waals surface area contributed by atoms with Gasteiger partial charge in [-0.1, -0.05) is 20.8 Å². The zero-order chi connectivity index (χ0) is 19.0. The Morgan fingerprint density at radius 3 is 2.74 bits per heavy atom. The van der Waals surface area contributed by atoms with E-state index >= 15 is 0 Å². The van der Waals surface area contributed by atoms with E-state index in [4.69, 9.17) is 4.42 Å². The Balaban J connectivity index is 1.63. The molecule has 27 heavy (non-hydrogen) atoms. The fraction of sp³-hybridized carbons (Fsp3) is 0.450. The van der Waals surface area contributed by atoms with Gasteiger partial charge in [0.2, 0.25) is 11.8 Å². The molecule has 1 fully saturated rings. The fourth-order valence-corrected chi connectivity index (χ4v) is 4.52. The summed E-state index contributed by atoms with van der Waals surface area (Å²) in [5.41, 5.74) is 1.68. The third-order valence-corrected chi connectivity index (χ3v) is 5.84. The highest BCUT2D eigenvalue weighted by Gasteiger charge is 2.56. The van der Waals surface area contributed by atoms with Crippen LogP contribution in [0.4, 0.5) is 8.78 Å². The number of hydrogen-bond acceptors (Lipinski definition) is 4. The SMILES string of the molecule is CC(C)(C)c1nnc(C23CCC(C2)c2c3cnn2-c2ccc(F)cc2F)o1. The molecule has 1 saturated carbocycles. The Morgan fingerprint density at radius 1 is 1.22 bits per heavy atom. The number of halogens is 2.